The summed E-state index contributed by atoms with van der Waals surface area (Å²) in [6, 6.07) is 11.3. The Morgan fingerprint density at radius 1 is 1.10 bits per heavy atom. The molecule has 0 saturated carbocycles. The van der Waals surface area contributed by atoms with Crippen LogP contribution in [0.5, 0.6) is 0 Å². The fraction of sp³-hybridized carbons (Fsp3) is 0.286. The zero-order valence-electron chi connectivity index (χ0n) is 15.9. The maximum atomic E-state index is 13.4. The fourth-order valence-corrected chi connectivity index (χ4v) is 6.54. The van der Waals surface area contributed by atoms with E-state index >= 15 is 0 Å². The average molecular weight is 485 g/mol. The van der Waals surface area contributed by atoms with Gasteiger partial charge in [-0.3, -0.25) is 0 Å². The lowest BCUT2D eigenvalue weighted by atomic mass is 10.1. The zero-order valence-corrected chi connectivity index (χ0v) is 19.0. The van der Waals surface area contributed by atoms with Crippen LogP contribution in [0.25, 0.3) is 0 Å². The first-order chi connectivity index (χ1) is 14.3. The Kier molecular flexibility index (Phi) is 6.34. The molecule has 0 unspecified atom stereocenters. The summed E-state index contributed by atoms with van der Waals surface area (Å²) in [4.78, 5) is 6.92. The van der Waals surface area contributed by atoms with Crippen molar-refractivity contribution >= 4 is 49.5 Å². The zero-order chi connectivity index (χ0) is 21.3. The highest BCUT2D eigenvalue weighted by Crippen LogP contribution is 2.31. The molecule has 0 bridgehead atoms. The number of nitrogens with zero attached hydrogens (tertiary/aromatic N) is 2. The van der Waals surface area contributed by atoms with E-state index in [2.05, 4.69) is 4.90 Å². The molecular formula is C21H19Cl2FN2O2S2. The largest absolute Gasteiger partial charge is 0.348 e. The maximum Gasteiger partial charge on any atom is 0.185 e. The number of anilines is 1. The van der Waals surface area contributed by atoms with E-state index in [1.807, 2.05) is 29.6 Å². The summed E-state index contributed by atoms with van der Waals surface area (Å²) in [6.07, 6.45) is 1.71. The Labute approximate surface area is 189 Å². The molecule has 2 heterocycles. The van der Waals surface area contributed by atoms with E-state index in [1.165, 1.54) is 12.1 Å². The molecule has 4 rings (SSSR count). The highest BCUT2D eigenvalue weighted by atomic mass is 35.5. The van der Waals surface area contributed by atoms with Gasteiger partial charge in [-0.2, -0.15) is 0 Å². The first kappa shape index (κ1) is 21.6. The van der Waals surface area contributed by atoms with Crippen molar-refractivity contribution in [2.24, 2.45) is 0 Å². The number of halogens is 3. The van der Waals surface area contributed by atoms with Gasteiger partial charge in [0.25, 0.3) is 0 Å². The van der Waals surface area contributed by atoms with Crippen molar-refractivity contribution in [3.63, 3.8) is 0 Å². The van der Waals surface area contributed by atoms with E-state index in [0.717, 1.165) is 28.9 Å². The Bertz CT molecular complexity index is 1140. The van der Waals surface area contributed by atoms with E-state index < -0.39 is 20.9 Å². The molecule has 1 aliphatic heterocycles. The number of sulfone groups is 1. The molecule has 2 aromatic carbocycles. The van der Waals surface area contributed by atoms with E-state index in [0.29, 0.717) is 31.0 Å². The first-order valence-corrected chi connectivity index (χ1v) is 12.6. The number of hydrogen-bond donors (Lipinski definition) is 0. The summed E-state index contributed by atoms with van der Waals surface area (Å²) < 4.78 is 39.2. The summed E-state index contributed by atoms with van der Waals surface area (Å²) >= 11 is 13.3. The van der Waals surface area contributed by atoms with Crippen molar-refractivity contribution in [3.8, 4) is 0 Å². The topological polar surface area (TPSA) is 50.3 Å². The van der Waals surface area contributed by atoms with Crippen molar-refractivity contribution in [3.05, 3.63) is 75.0 Å². The molecule has 1 aliphatic rings. The number of benzene rings is 2. The Morgan fingerprint density at radius 2 is 1.80 bits per heavy atom. The van der Waals surface area contributed by atoms with Crippen molar-refractivity contribution in [1.29, 1.82) is 0 Å². The molecule has 1 saturated heterocycles. The van der Waals surface area contributed by atoms with Gasteiger partial charge < -0.3 is 4.90 Å². The van der Waals surface area contributed by atoms with Gasteiger partial charge in [0.05, 0.1) is 20.9 Å². The Morgan fingerprint density at radius 3 is 2.47 bits per heavy atom. The van der Waals surface area contributed by atoms with Crippen molar-refractivity contribution in [2.45, 2.75) is 29.4 Å². The second kappa shape index (κ2) is 8.83. The van der Waals surface area contributed by atoms with E-state index in [4.69, 9.17) is 28.2 Å². The predicted octanol–water partition coefficient (Wildman–Crippen LogP) is 5.62. The molecule has 0 atom stereocenters. The number of hydrogen-bond acceptors (Lipinski definition) is 5. The van der Waals surface area contributed by atoms with Crippen LogP contribution in [-0.2, 0) is 16.3 Å². The van der Waals surface area contributed by atoms with Crippen LogP contribution in [-0.4, -0.2) is 31.7 Å². The molecule has 1 aromatic heterocycles. The van der Waals surface area contributed by atoms with Gasteiger partial charge in [0.2, 0.25) is 0 Å². The fourth-order valence-electron chi connectivity index (χ4n) is 3.54. The summed E-state index contributed by atoms with van der Waals surface area (Å²) in [5, 5.41) is 2.96. The van der Waals surface area contributed by atoms with Gasteiger partial charge in [0.1, 0.15) is 5.82 Å². The number of thiazole rings is 1. The van der Waals surface area contributed by atoms with Gasteiger partial charge in [-0.05, 0) is 48.7 Å². The lowest BCUT2D eigenvalue weighted by molar-refractivity contribution is 0.529. The molecule has 0 spiro atoms. The van der Waals surface area contributed by atoms with Gasteiger partial charge in [-0.25, -0.2) is 17.8 Å². The third kappa shape index (κ3) is 4.64. The lowest BCUT2D eigenvalue weighted by Gasteiger charge is -2.31. The smallest absolute Gasteiger partial charge is 0.185 e. The van der Waals surface area contributed by atoms with Crippen LogP contribution in [0.3, 0.4) is 0 Å². The third-order valence-corrected chi connectivity index (χ3v) is 8.96. The van der Waals surface area contributed by atoms with Gasteiger partial charge >= 0.3 is 0 Å². The first-order valence-electron chi connectivity index (χ1n) is 9.45. The quantitative estimate of drug-likeness (QED) is 0.440. The summed E-state index contributed by atoms with van der Waals surface area (Å²) in [5.74, 6) is -0.622. The third-order valence-electron chi connectivity index (χ3n) is 5.21. The van der Waals surface area contributed by atoms with Gasteiger partial charge in [0, 0.05) is 29.9 Å². The minimum absolute atomic E-state index is 0.0758. The van der Waals surface area contributed by atoms with Crippen LogP contribution < -0.4 is 4.90 Å². The van der Waals surface area contributed by atoms with E-state index in [-0.39, 0.29) is 9.92 Å². The minimum atomic E-state index is -3.55. The van der Waals surface area contributed by atoms with Crippen LogP contribution >= 0.6 is 34.5 Å². The molecule has 9 heteroatoms. The standard InChI is InChI=1S/C21H19Cl2FN2O2S2/c22-15-3-1-14(2-4-15)11-16-13-29-21(25-16)26-9-7-17(8-10-26)30(27,28)18-5-6-20(24)19(23)12-18/h1-6,12-13,17H,7-11H2. The minimum Gasteiger partial charge on any atom is -0.348 e. The molecule has 0 N–H and O–H groups in total. The number of rotatable bonds is 5. The highest BCUT2D eigenvalue weighted by molar-refractivity contribution is 7.92. The number of aromatic nitrogens is 1. The van der Waals surface area contributed by atoms with Crippen LogP contribution in [0.15, 0.2) is 52.7 Å². The molecule has 1 fully saturated rings. The molecule has 3 aromatic rings. The van der Waals surface area contributed by atoms with Gasteiger partial charge in [-0.15, -0.1) is 11.3 Å². The monoisotopic (exact) mass is 484 g/mol. The predicted molar refractivity (Wildman–Crippen MR) is 120 cm³/mol. The van der Waals surface area contributed by atoms with Crippen molar-refractivity contribution < 1.29 is 12.8 Å². The number of piperidine rings is 1. The molecule has 158 valence electrons. The van der Waals surface area contributed by atoms with Crippen LogP contribution in [0, 0.1) is 5.82 Å². The van der Waals surface area contributed by atoms with Crippen LogP contribution in [0.4, 0.5) is 9.52 Å². The summed E-state index contributed by atoms with van der Waals surface area (Å²) in [7, 11) is -3.55. The molecule has 0 radical (unpaired) electrons. The molecular weight excluding hydrogens is 466 g/mol. The molecule has 4 nitrogen and oxygen atoms in total. The second-order valence-corrected chi connectivity index (χ2v) is 11.1. The average Bonchev–Trinajstić information content (AvgIpc) is 3.20. The van der Waals surface area contributed by atoms with Gasteiger partial charge in [-0.1, -0.05) is 35.3 Å². The maximum absolute atomic E-state index is 13.4. The summed E-state index contributed by atoms with van der Waals surface area (Å²) in [5.41, 5.74) is 2.12. The van der Waals surface area contributed by atoms with Crippen molar-refractivity contribution in [2.75, 3.05) is 18.0 Å². The highest BCUT2D eigenvalue weighted by Gasteiger charge is 2.32. The van der Waals surface area contributed by atoms with E-state index in [9.17, 15) is 12.8 Å². The van der Waals surface area contributed by atoms with Gasteiger partial charge in [0.15, 0.2) is 15.0 Å². The van der Waals surface area contributed by atoms with Crippen molar-refractivity contribution in [1.82, 2.24) is 4.98 Å². The Balaban J connectivity index is 1.40. The second-order valence-electron chi connectivity index (χ2n) is 7.23. The SMILES string of the molecule is O=S(=O)(c1ccc(F)c(Cl)c1)C1CCN(c2nc(Cc3ccc(Cl)cc3)cs2)CC1. The Hall–Kier alpha value is -1.67. The summed E-state index contributed by atoms with van der Waals surface area (Å²) in [6.45, 7) is 1.21. The normalized spacial score (nSPS) is 15.5. The molecule has 0 amide bonds. The molecule has 30 heavy (non-hydrogen) atoms. The van der Waals surface area contributed by atoms with Crippen LogP contribution in [0.2, 0.25) is 10.0 Å². The molecule has 0 aliphatic carbocycles. The van der Waals surface area contributed by atoms with Crippen LogP contribution in [0.1, 0.15) is 24.1 Å². The van der Waals surface area contributed by atoms with E-state index in [1.54, 1.807) is 11.3 Å². The lowest BCUT2D eigenvalue weighted by Crippen LogP contribution is -2.39.